The average Bonchev–Trinajstić information content (AvgIpc) is 3.51. The minimum absolute atomic E-state index is 0.0853. The van der Waals surface area contributed by atoms with Crippen LogP contribution in [0.5, 0.6) is 5.75 Å². The van der Waals surface area contributed by atoms with Crippen molar-refractivity contribution in [2.24, 2.45) is 0 Å². The van der Waals surface area contributed by atoms with Gasteiger partial charge in [0.2, 0.25) is 5.89 Å². The van der Waals surface area contributed by atoms with E-state index in [1.165, 1.54) is 18.6 Å². The molecule has 2 aromatic heterocycles. The van der Waals surface area contributed by atoms with Crippen LogP contribution in [0.25, 0.3) is 11.5 Å². The Balaban J connectivity index is 1.45. The number of nitrogens with zero attached hydrogens (tertiary/aromatic N) is 1. The van der Waals surface area contributed by atoms with Gasteiger partial charge in [-0.05, 0) is 55.0 Å². The van der Waals surface area contributed by atoms with Gasteiger partial charge >= 0.3 is 5.97 Å². The van der Waals surface area contributed by atoms with Gasteiger partial charge < -0.3 is 23.6 Å². The molecule has 0 aliphatic heterocycles. The molecule has 0 atom stereocenters. The molecule has 0 unspecified atom stereocenters. The largest absolute Gasteiger partial charge is 0.497 e. The smallest absolute Gasteiger partial charge is 0.340 e. The van der Waals surface area contributed by atoms with Gasteiger partial charge in [0.1, 0.15) is 24.3 Å². The number of aryl methyl sites for hydroxylation is 1. The van der Waals surface area contributed by atoms with E-state index in [4.69, 9.17) is 18.3 Å². The molecule has 0 radical (unpaired) electrons. The molecule has 162 valence electrons. The molecule has 0 aliphatic rings. The molecule has 0 saturated carbocycles. The molecule has 8 nitrogen and oxygen atoms in total. The fourth-order valence-electron chi connectivity index (χ4n) is 3.04. The monoisotopic (exact) mass is 432 g/mol. The molecule has 1 amide bonds. The van der Waals surface area contributed by atoms with E-state index in [9.17, 15) is 9.59 Å². The van der Waals surface area contributed by atoms with Gasteiger partial charge in [-0.25, -0.2) is 9.78 Å². The number of carbonyl (C=O) groups is 2. The molecule has 32 heavy (non-hydrogen) atoms. The summed E-state index contributed by atoms with van der Waals surface area (Å²) in [6.45, 7) is 1.70. The Morgan fingerprint density at radius 2 is 1.84 bits per heavy atom. The summed E-state index contributed by atoms with van der Waals surface area (Å²) in [6, 6.07) is 15.5. The van der Waals surface area contributed by atoms with Crippen LogP contribution >= 0.6 is 0 Å². The molecule has 0 bridgehead atoms. The number of methoxy groups -OCH3 is 1. The molecule has 0 fully saturated rings. The molecular weight excluding hydrogens is 412 g/mol. The van der Waals surface area contributed by atoms with Crippen LogP contribution in [-0.2, 0) is 11.3 Å². The minimum Gasteiger partial charge on any atom is -0.497 e. The second-order valence-electron chi connectivity index (χ2n) is 6.88. The summed E-state index contributed by atoms with van der Waals surface area (Å²) < 4.78 is 21.2. The zero-order valence-corrected chi connectivity index (χ0v) is 17.5. The minimum atomic E-state index is -0.600. The van der Waals surface area contributed by atoms with Crippen molar-refractivity contribution in [2.45, 2.75) is 13.5 Å². The van der Waals surface area contributed by atoms with Crippen molar-refractivity contribution in [1.29, 1.82) is 0 Å². The lowest BCUT2D eigenvalue weighted by Crippen LogP contribution is -2.16. The van der Waals surface area contributed by atoms with Crippen LogP contribution in [0.15, 0.2) is 76.0 Å². The van der Waals surface area contributed by atoms with Crippen molar-refractivity contribution in [3.63, 3.8) is 0 Å². The molecule has 1 N–H and O–H groups in total. The Labute approximate surface area is 183 Å². The summed E-state index contributed by atoms with van der Waals surface area (Å²) in [6.07, 6.45) is 2.84. The van der Waals surface area contributed by atoms with Crippen molar-refractivity contribution in [3.8, 4) is 17.2 Å². The van der Waals surface area contributed by atoms with E-state index >= 15 is 0 Å². The number of hydrogen-bond acceptors (Lipinski definition) is 7. The quantitative estimate of drug-likeness (QED) is 0.416. The highest BCUT2D eigenvalue weighted by molar-refractivity contribution is 6.07. The van der Waals surface area contributed by atoms with Crippen LogP contribution in [0.2, 0.25) is 0 Å². The highest BCUT2D eigenvalue weighted by Crippen LogP contribution is 2.24. The lowest BCUT2D eigenvalue weighted by Gasteiger charge is -2.12. The number of oxazole rings is 1. The molecular formula is C24H20N2O6. The first-order valence-corrected chi connectivity index (χ1v) is 9.75. The first-order valence-electron chi connectivity index (χ1n) is 9.75. The number of rotatable bonds is 7. The van der Waals surface area contributed by atoms with E-state index in [1.54, 1.807) is 50.4 Å². The molecule has 8 heteroatoms. The Kier molecular flexibility index (Phi) is 6.03. The highest BCUT2D eigenvalue weighted by atomic mass is 16.5. The van der Waals surface area contributed by atoms with E-state index in [2.05, 4.69) is 10.3 Å². The number of anilines is 1. The zero-order valence-electron chi connectivity index (χ0n) is 17.5. The number of aromatic nitrogens is 1. The Hall–Kier alpha value is -4.33. The topological polar surface area (TPSA) is 104 Å². The van der Waals surface area contributed by atoms with Gasteiger partial charge in [-0.1, -0.05) is 12.1 Å². The maximum atomic E-state index is 12.7. The summed E-state index contributed by atoms with van der Waals surface area (Å²) in [4.78, 5) is 29.5. The fourth-order valence-corrected chi connectivity index (χ4v) is 3.04. The third-order valence-electron chi connectivity index (χ3n) is 4.72. The summed E-state index contributed by atoms with van der Waals surface area (Å²) >= 11 is 0. The van der Waals surface area contributed by atoms with Crippen molar-refractivity contribution in [2.75, 3.05) is 12.4 Å². The standard InChI is InChI=1S/C24H20N2O6/c1-15-5-3-6-19(21(15)26-22(27)20-7-4-12-30-20)24(28)32-14-17-13-31-23(25-17)16-8-10-18(29-2)11-9-16/h3-13H,14H2,1-2H3,(H,26,27). The Morgan fingerprint density at radius 3 is 2.56 bits per heavy atom. The van der Waals surface area contributed by atoms with Crippen molar-refractivity contribution < 1.29 is 27.9 Å². The highest BCUT2D eigenvalue weighted by Gasteiger charge is 2.19. The van der Waals surface area contributed by atoms with Gasteiger partial charge in [0.25, 0.3) is 5.91 Å². The number of nitrogens with one attached hydrogen (secondary N) is 1. The first-order chi connectivity index (χ1) is 15.5. The predicted octanol–water partition coefficient (Wildman–Crippen LogP) is 4.86. The number of ether oxygens (including phenoxy) is 2. The van der Waals surface area contributed by atoms with Gasteiger partial charge in [-0.15, -0.1) is 0 Å². The maximum Gasteiger partial charge on any atom is 0.340 e. The van der Waals surface area contributed by atoms with Crippen LogP contribution in [0.4, 0.5) is 5.69 Å². The van der Waals surface area contributed by atoms with Crippen molar-refractivity contribution in [3.05, 3.63) is 89.7 Å². The SMILES string of the molecule is COc1ccc(-c2nc(COC(=O)c3cccc(C)c3NC(=O)c3ccco3)co2)cc1. The van der Waals surface area contributed by atoms with Crippen molar-refractivity contribution in [1.82, 2.24) is 4.98 Å². The third kappa shape index (κ3) is 4.54. The summed E-state index contributed by atoms with van der Waals surface area (Å²) in [5.74, 6) is 0.209. The van der Waals surface area contributed by atoms with Crippen LogP contribution < -0.4 is 10.1 Å². The summed E-state index contributed by atoms with van der Waals surface area (Å²) in [5, 5.41) is 2.72. The number of carbonyl (C=O) groups excluding carboxylic acids is 2. The van der Waals surface area contributed by atoms with Crippen LogP contribution in [0.1, 0.15) is 32.2 Å². The third-order valence-corrected chi connectivity index (χ3v) is 4.72. The molecule has 4 rings (SSSR count). The van der Waals surface area contributed by atoms with Crippen LogP contribution in [-0.4, -0.2) is 24.0 Å². The van der Waals surface area contributed by atoms with E-state index in [1.807, 2.05) is 12.1 Å². The lowest BCUT2D eigenvalue weighted by atomic mass is 10.1. The second kappa shape index (κ2) is 9.22. The maximum absolute atomic E-state index is 12.7. The number of furan rings is 1. The van der Waals surface area contributed by atoms with E-state index < -0.39 is 11.9 Å². The van der Waals surface area contributed by atoms with Gasteiger partial charge in [0, 0.05) is 5.56 Å². The predicted molar refractivity (Wildman–Crippen MR) is 115 cm³/mol. The molecule has 0 spiro atoms. The average molecular weight is 432 g/mol. The molecule has 0 saturated heterocycles. The fraction of sp³-hybridized carbons (Fsp3) is 0.125. The number of hydrogen-bond donors (Lipinski definition) is 1. The normalized spacial score (nSPS) is 10.6. The summed E-state index contributed by atoms with van der Waals surface area (Å²) in [5.41, 5.74) is 2.52. The summed E-state index contributed by atoms with van der Waals surface area (Å²) in [7, 11) is 1.59. The van der Waals surface area contributed by atoms with Gasteiger partial charge in [0.15, 0.2) is 5.76 Å². The van der Waals surface area contributed by atoms with Crippen molar-refractivity contribution >= 4 is 17.6 Å². The molecule has 0 aliphatic carbocycles. The number of esters is 1. The van der Waals surface area contributed by atoms with Crippen LogP contribution in [0.3, 0.4) is 0 Å². The first kappa shape index (κ1) is 20.9. The molecule has 4 aromatic rings. The Morgan fingerprint density at radius 1 is 1.03 bits per heavy atom. The lowest BCUT2D eigenvalue weighted by molar-refractivity contribution is 0.0469. The van der Waals surface area contributed by atoms with E-state index in [0.717, 1.165) is 11.3 Å². The van der Waals surface area contributed by atoms with Gasteiger partial charge in [-0.2, -0.15) is 0 Å². The van der Waals surface area contributed by atoms with Gasteiger partial charge in [-0.3, -0.25) is 4.79 Å². The zero-order chi connectivity index (χ0) is 22.5. The van der Waals surface area contributed by atoms with Crippen LogP contribution in [0, 0.1) is 6.92 Å². The number of benzene rings is 2. The number of para-hydroxylation sites is 1. The molecule has 2 aromatic carbocycles. The van der Waals surface area contributed by atoms with E-state index in [-0.39, 0.29) is 17.9 Å². The molecule has 2 heterocycles. The number of amides is 1. The van der Waals surface area contributed by atoms with E-state index in [0.29, 0.717) is 22.8 Å². The Bertz CT molecular complexity index is 1230. The second-order valence-corrected chi connectivity index (χ2v) is 6.88. The van der Waals surface area contributed by atoms with Gasteiger partial charge in [0.05, 0.1) is 24.6 Å².